The molecule has 0 aliphatic heterocycles. The van der Waals surface area contributed by atoms with E-state index in [1.807, 2.05) is 66.9 Å². The van der Waals surface area contributed by atoms with Gasteiger partial charge in [-0.2, -0.15) is 0 Å². The summed E-state index contributed by atoms with van der Waals surface area (Å²) in [5.41, 5.74) is 3.45. The zero-order valence-corrected chi connectivity index (χ0v) is 20.2. The molecule has 0 radical (unpaired) electrons. The maximum absolute atomic E-state index is 13.3. The highest BCUT2D eigenvalue weighted by atomic mass is 35.5. The number of para-hydroxylation sites is 1. The molecule has 0 bridgehead atoms. The molecule has 0 aliphatic rings. The monoisotopic (exact) mass is 495 g/mol. The Morgan fingerprint density at radius 1 is 1.09 bits per heavy atom. The summed E-state index contributed by atoms with van der Waals surface area (Å²) in [4.78, 5) is 12.6. The van der Waals surface area contributed by atoms with E-state index in [4.69, 9.17) is 11.6 Å². The smallest absolute Gasteiger partial charge is 0.319 e. The second-order valence-electron chi connectivity index (χ2n) is 7.71. The van der Waals surface area contributed by atoms with Crippen molar-refractivity contribution in [2.24, 2.45) is 0 Å². The number of benzene rings is 3. The van der Waals surface area contributed by atoms with E-state index in [2.05, 4.69) is 20.8 Å². The molecule has 0 fully saturated rings. The molecule has 4 rings (SSSR count). The fourth-order valence-corrected chi connectivity index (χ4v) is 4.46. The molecule has 174 valence electrons. The number of urea groups is 1. The van der Waals surface area contributed by atoms with Gasteiger partial charge in [-0.25, -0.2) is 9.18 Å². The largest absolute Gasteiger partial charge is 0.328 e. The van der Waals surface area contributed by atoms with Crippen molar-refractivity contribution >= 4 is 35.1 Å². The summed E-state index contributed by atoms with van der Waals surface area (Å²) in [7, 11) is 0. The normalized spacial score (nSPS) is 11.8. The molecule has 1 unspecified atom stereocenters. The standard InChI is InChI=1S/C25H23ClFN5OS/c1-16-8-11-19(26)14-22(16)32-23(17(2)28-24(33)29-21-6-4-3-5-7-21)30-31-25(32)34-15-18-9-12-20(27)13-10-18/h3-14,17H,15H2,1-2H3,(H2,28,29,33). The molecule has 0 saturated carbocycles. The second kappa shape index (κ2) is 10.7. The van der Waals surface area contributed by atoms with Crippen LogP contribution in [0.1, 0.15) is 29.9 Å². The molecule has 1 heterocycles. The summed E-state index contributed by atoms with van der Waals surface area (Å²) >= 11 is 7.77. The zero-order chi connectivity index (χ0) is 24.1. The summed E-state index contributed by atoms with van der Waals surface area (Å²) in [5, 5.41) is 15.8. The van der Waals surface area contributed by atoms with Crippen molar-refractivity contribution in [3.8, 4) is 5.69 Å². The number of aromatic nitrogens is 3. The molecular weight excluding hydrogens is 473 g/mol. The van der Waals surface area contributed by atoms with Crippen molar-refractivity contribution in [2.45, 2.75) is 30.8 Å². The number of amides is 2. The molecule has 0 saturated heterocycles. The number of nitrogens with one attached hydrogen (secondary N) is 2. The lowest BCUT2D eigenvalue weighted by Gasteiger charge is -2.18. The van der Waals surface area contributed by atoms with Gasteiger partial charge >= 0.3 is 6.03 Å². The van der Waals surface area contributed by atoms with Crippen molar-refractivity contribution < 1.29 is 9.18 Å². The molecule has 9 heteroatoms. The van der Waals surface area contributed by atoms with Crippen molar-refractivity contribution in [1.82, 2.24) is 20.1 Å². The number of rotatable bonds is 7. The van der Waals surface area contributed by atoms with Gasteiger partial charge in [0.15, 0.2) is 11.0 Å². The van der Waals surface area contributed by atoms with E-state index in [1.165, 1.54) is 23.9 Å². The van der Waals surface area contributed by atoms with Crippen LogP contribution in [0, 0.1) is 12.7 Å². The maximum atomic E-state index is 13.3. The van der Waals surface area contributed by atoms with Crippen LogP contribution in [0.25, 0.3) is 5.69 Å². The Bertz CT molecular complexity index is 1280. The van der Waals surface area contributed by atoms with Gasteiger partial charge in [-0.3, -0.25) is 4.57 Å². The Hall–Kier alpha value is -3.36. The fourth-order valence-electron chi connectivity index (χ4n) is 3.38. The lowest BCUT2D eigenvalue weighted by molar-refractivity contribution is 0.249. The number of thioether (sulfide) groups is 1. The van der Waals surface area contributed by atoms with Gasteiger partial charge in [0.1, 0.15) is 5.82 Å². The summed E-state index contributed by atoms with van der Waals surface area (Å²) in [6.07, 6.45) is 0. The predicted molar refractivity (Wildman–Crippen MR) is 134 cm³/mol. The molecule has 1 atom stereocenters. The summed E-state index contributed by atoms with van der Waals surface area (Å²) in [6, 6.07) is 20.4. The van der Waals surface area contributed by atoms with E-state index in [0.29, 0.717) is 27.4 Å². The van der Waals surface area contributed by atoms with Gasteiger partial charge in [-0.1, -0.05) is 59.8 Å². The van der Waals surface area contributed by atoms with Crippen molar-refractivity contribution in [3.05, 3.63) is 101 Å². The van der Waals surface area contributed by atoms with Crippen LogP contribution in [0.5, 0.6) is 0 Å². The number of carbonyl (C=O) groups is 1. The summed E-state index contributed by atoms with van der Waals surface area (Å²) < 4.78 is 15.2. The molecule has 0 aliphatic carbocycles. The van der Waals surface area contributed by atoms with Crippen LogP contribution in [-0.2, 0) is 5.75 Å². The molecule has 0 spiro atoms. The number of hydrogen-bond acceptors (Lipinski definition) is 4. The van der Waals surface area contributed by atoms with Crippen molar-refractivity contribution in [3.63, 3.8) is 0 Å². The fraction of sp³-hybridized carbons (Fsp3) is 0.160. The van der Waals surface area contributed by atoms with E-state index in [-0.39, 0.29) is 11.8 Å². The highest BCUT2D eigenvalue weighted by Gasteiger charge is 2.22. The van der Waals surface area contributed by atoms with E-state index >= 15 is 0 Å². The first-order chi connectivity index (χ1) is 16.4. The van der Waals surface area contributed by atoms with Crippen molar-refractivity contribution in [1.29, 1.82) is 0 Å². The van der Waals surface area contributed by atoms with Crippen molar-refractivity contribution in [2.75, 3.05) is 5.32 Å². The summed E-state index contributed by atoms with van der Waals surface area (Å²) in [5.74, 6) is 0.867. The highest BCUT2D eigenvalue weighted by Crippen LogP contribution is 2.30. The van der Waals surface area contributed by atoms with Gasteiger partial charge in [0.25, 0.3) is 0 Å². The predicted octanol–water partition coefficient (Wildman–Crippen LogP) is 6.54. The number of anilines is 1. The Morgan fingerprint density at radius 3 is 2.56 bits per heavy atom. The number of hydrogen-bond donors (Lipinski definition) is 2. The van der Waals surface area contributed by atoms with Gasteiger partial charge in [0.05, 0.1) is 11.7 Å². The van der Waals surface area contributed by atoms with Gasteiger partial charge in [0, 0.05) is 16.5 Å². The third-order valence-electron chi connectivity index (χ3n) is 5.12. The Morgan fingerprint density at radius 2 is 1.82 bits per heavy atom. The van der Waals surface area contributed by atoms with Crippen LogP contribution >= 0.6 is 23.4 Å². The third kappa shape index (κ3) is 5.76. The Kier molecular flexibility index (Phi) is 7.49. The van der Waals surface area contributed by atoms with Crippen LogP contribution in [0.4, 0.5) is 14.9 Å². The molecule has 6 nitrogen and oxygen atoms in total. The molecule has 3 aromatic carbocycles. The molecular formula is C25H23ClFN5OS. The Labute approximate surface area is 206 Å². The van der Waals surface area contributed by atoms with Crippen LogP contribution in [0.2, 0.25) is 5.02 Å². The van der Waals surface area contributed by atoms with Gasteiger partial charge in [-0.05, 0) is 61.4 Å². The van der Waals surface area contributed by atoms with E-state index in [0.717, 1.165) is 16.8 Å². The van der Waals surface area contributed by atoms with Gasteiger partial charge in [-0.15, -0.1) is 10.2 Å². The zero-order valence-electron chi connectivity index (χ0n) is 18.6. The average Bonchev–Trinajstić information content (AvgIpc) is 3.25. The lowest BCUT2D eigenvalue weighted by atomic mass is 10.2. The SMILES string of the molecule is Cc1ccc(Cl)cc1-n1c(SCc2ccc(F)cc2)nnc1C(C)NC(=O)Nc1ccccc1. The molecule has 1 aromatic heterocycles. The summed E-state index contributed by atoms with van der Waals surface area (Å²) in [6.45, 7) is 3.82. The number of carbonyl (C=O) groups excluding carboxylic acids is 1. The minimum Gasteiger partial charge on any atom is -0.328 e. The lowest BCUT2D eigenvalue weighted by Crippen LogP contribution is -2.32. The maximum Gasteiger partial charge on any atom is 0.319 e. The van der Waals surface area contributed by atoms with Crippen LogP contribution in [0.15, 0.2) is 78.0 Å². The van der Waals surface area contributed by atoms with Gasteiger partial charge < -0.3 is 10.6 Å². The van der Waals surface area contributed by atoms with E-state index in [1.54, 1.807) is 12.1 Å². The number of aryl methyl sites for hydroxylation is 1. The molecule has 2 N–H and O–H groups in total. The minimum absolute atomic E-state index is 0.276. The first kappa shape index (κ1) is 23.8. The Balaban J connectivity index is 1.61. The van der Waals surface area contributed by atoms with Crippen LogP contribution in [-0.4, -0.2) is 20.8 Å². The second-order valence-corrected chi connectivity index (χ2v) is 9.09. The molecule has 34 heavy (non-hydrogen) atoms. The van der Waals surface area contributed by atoms with Gasteiger partial charge in [0.2, 0.25) is 0 Å². The first-order valence-corrected chi connectivity index (χ1v) is 12.0. The first-order valence-electron chi connectivity index (χ1n) is 10.6. The minimum atomic E-state index is -0.449. The van der Waals surface area contributed by atoms with Crippen LogP contribution in [0.3, 0.4) is 0 Å². The quantitative estimate of drug-likeness (QED) is 0.285. The number of halogens is 2. The third-order valence-corrected chi connectivity index (χ3v) is 6.35. The molecule has 2 amide bonds. The van der Waals surface area contributed by atoms with E-state index in [9.17, 15) is 9.18 Å². The molecule has 4 aromatic rings. The van der Waals surface area contributed by atoms with Crippen LogP contribution < -0.4 is 10.6 Å². The van der Waals surface area contributed by atoms with E-state index < -0.39 is 6.04 Å². The topological polar surface area (TPSA) is 71.8 Å². The highest BCUT2D eigenvalue weighted by molar-refractivity contribution is 7.98. The number of nitrogens with zero attached hydrogens (tertiary/aromatic N) is 3. The average molecular weight is 496 g/mol.